The third-order valence-electron chi connectivity index (χ3n) is 5.82. The Bertz CT molecular complexity index is 1140. The van der Waals surface area contributed by atoms with Gasteiger partial charge in [0.1, 0.15) is 0 Å². The average Bonchev–Trinajstić information content (AvgIpc) is 2.98. The number of sulfonamides is 1. The van der Waals surface area contributed by atoms with Gasteiger partial charge in [-0.05, 0) is 65.6 Å². The quantitative estimate of drug-likeness (QED) is 0.324. The number of carbonyl (C=O) groups excluding carboxylic acids is 1. The lowest BCUT2D eigenvalue weighted by molar-refractivity contribution is 0.0602. The van der Waals surface area contributed by atoms with Crippen LogP contribution in [0.5, 0.6) is 0 Å². The minimum Gasteiger partial charge on any atom is -0.465 e. The summed E-state index contributed by atoms with van der Waals surface area (Å²) in [5.41, 5.74) is 4.80. The molecule has 0 heterocycles. The van der Waals surface area contributed by atoms with Crippen LogP contribution in [0.2, 0.25) is 0 Å². The van der Waals surface area contributed by atoms with Crippen LogP contribution in [0.3, 0.4) is 0 Å². The number of methoxy groups -OCH3 is 1. The minimum absolute atomic E-state index is 0.306. The van der Waals surface area contributed by atoms with Crippen LogP contribution in [0.15, 0.2) is 65.6 Å². The molecule has 0 spiro atoms. The average molecular weight is 454 g/mol. The van der Waals surface area contributed by atoms with Crippen molar-refractivity contribution in [1.29, 1.82) is 0 Å². The van der Waals surface area contributed by atoms with Crippen molar-refractivity contribution in [2.75, 3.05) is 20.7 Å². The van der Waals surface area contributed by atoms with Gasteiger partial charge in [-0.15, -0.1) is 0 Å². The number of carbonyl (C=O) groups is 1. The summed E-state index contributed by atoms with van der Waals surface area (Å²) in [6.45, 7) is 4.72. The molecule has 0 radical (unpaired) electrons. The van der Waals surface area contributed by atoms with Crippen LogP contribution < -0.4 is 0 Å². The van der Waals surface area contributed by atoms with Crippen LogP contribution in [0.1, 0.15) is 54.1 Å². The van der Waals surface area contributed by atoms with Crippen molar-refractivity contribution >= 4 is 16.0 Å². The summed E-state index contributed by atoms with van der Waals surface area (Å²) in [6, 6.07) is 18.6. The van der Waals surface area contributed by atoms with Crippen molar-refractivity contribution < 1.29 is 17.9 Å². The van der Waals surface area contributed by atoms with E-state index in [-0.39, 0.29) is 5.97 Å². The second-order valence-electron chi connectivity index (χ2n) is 8.32. The van der Waals surface area contributed by atoms with Crippen molar-refractivity contribution in [3.8, 4) is 11.1 Å². The lowest BCUT2D eigenvalue weighted by Crippen LogP contribution is -2.28. The molecule has 0 aliphatic heterocycles. The molecule has 32 heavy (non-hydrogen) atoms. The van der Waals surface area contributed by atoms with E-state index in [0.717, 1.165) is 36.0 Å². The number of benzene rings is 1. The number of fused-ring (bicyclic) bond motifs is 1. The molecule has 1 aromatic carbocycles. The number of hydrogen-bond donors (Lipinski definition) is 0. The molecule has 0 unspecified atom stereocenters. The van der Waals surface area contributed by atoms with Crippen LogP contribution in [-0.4, -0.2) is 39.4 Å². The molecule has 2 aliphatic carbocycles. The maximum absolute atomic E-state index is 12.7. The SMILES string of the molecule is COC(=O)c1cc(CCCCN(C)S(=O)(=O)c2ccccc2)c2ccc(C(C)C)ccc1-2. The maximum atomic E-state index is 12.7. The van der Waals surface area contributed by atoms with E-state index in [0.29, 0.717) is 22.9 Å². The van der Waals surface area contributed by atoms with Crippen LogP contribution in [0.25, 0.3) is 11.1 Å². The Morgan fingerprint density at radius 3 is 2.25 bits per heavy atom. The highest BCUT2D eigenvalue weighted by atomic mass is 32.2. The van der Waals surface area contributed by atoms with Gasteiger partial charge in [-0.1, -0.05) is 56.3 Å². The summed E-state index contributed by atoms with van der Waals surface area (Å²) in [5.74, 6) is 0.0471. The van der Waals surface area contributed by atoms with Gasteiger partial charge < -0.3 is 4.74 Å². The van der Waals surface area contributed by atoms with E-state index in [9.17, 15) is 13.2 Å². The lowest BCUT2D eigenvalue weighted by atomic mass is 10.0. The van der Waals surface area contributed by atoms with Crippen LogP contribution in [0.4, 0.5) is 0 Å². The van der Waals surface area contributed by atoms with Crippen molar-refractivity contribution in [3.63, 3.8) is 0 Å². The first-order chi connectivity index (χ1) is 15.3. The first kappa shape index (κ1) is 24.0. The number of aryl methyl sites for hydroxylation is 1. The van der Waals surface area contributed by atoms with Crippen LogP contribution in [-0.2, 0) is 21.2 Å². The third-order valence-corrected chi connectivity index (χ3v) is 7.69. The molecule has 2 aliphatic rings. The Hall–Kier alpha value is -2.70. The lowest BCUT2D eigenvalue weighted by Gasteiger charge is -2.17. The van der Waals surface area contributed by atoms with Gasteiger partial charge in [0, 0.05) is 13.6 Å². The summed E-state index contributed by atoms with van der Waals surface area (Å²) in [7, 11) is -0.470. The predicted octanol–water partition coefficient (Wildman–Crippen LogP) is 5.34. The highest BCUT2D eigenvalue weighted by Gasteiger charge is 2.22. The standard InChI is InChI=1S/C26H31NO4S/c1-19(2)20-13-15-23-21(18-25(26(28)31-4)24(23)16-14-20)10-8-9-17-27(3)32(29,30)22-11-6-5-7-12-22/h5-7,11-16,18-19H,8-10,17H2,1-4H3. The van der Waals surface area contributed by atoms with Gasteiger partial charge >= 0.3 is 5.97 Å². The zero-order chi connectivity index (χ0) is 23.3. The number of unbranched alkanes of at least 4 members (excludes halogenated alkanes) is 1. The van der Waals surface area contributed by atoms with Crippen LogP contribution >= 0.6 is 0 Å². The maximum Gasteiger partial charge on any atom is 0.338 e. The Kier molecular flexibility index (Phi) is 7.69. The number of rotatable bonds is 9. The molecule has 6 heteroatoms. The van der Waals surface area contributed by atoms with E-state index in [2.05, 4.69) is 32.0 Å². The Morgan fingerprint density at radius 2 is 1.62 bits per heavy atom. The summed E-state index contributed by atoms with van der Waals surface area (Å²) in [5, 5.41) is 0. The third kappa shape index (κ3) is 5.19. The molecular formula is C26H31NO4S. The number of hydrogen-bond acceptors (Lipinski definition) is 4. The summed E-state index contributed by atoms with van der Waals surface area (Å²) in [4.78, 5) is 12.6. The van der Waals surface area contributed by atoms with Gasteiger partial charge in [0.25, 0.3) is 0 Å². The summed E-state index contributed by atoms with van der Waals surface area (Å²) < 4.78 is 31.8. The monoisotopic (exact) mass is 453 g/mol. The Labute approximate surface area is 191 Å². The fourth-order valence-electron chi connectivity index (χ4n) is 3.85. The van der Waals surface area contributed by atoms with E-state index >= 15 is 0 Å². The van der Waals surface area contributed by atoms with Crippen molar-refractivity contribution in [2.24, 2.45) is 0 Å². The molecule has 170 valence electrons. The Morgan fingerprint density at radius 1 is 0.969 bits per heavy atom. The Balaban J connectivity index is 1.73. The molecule has 0 saturated carbocycles. The highest BCUT2D eigenvalue weighted by molar-refractivity contribution is 7.89. The van der Waals surface area contributed by atoms with E-state index in [1.165, 1.54) is 17.0 Å². The second-order valence-corrected chi connectivity index (χ2v) is 10.4. The molecule has 5 nitrogen and oxygen atoms in total. The van der Waals surface area contributed by atoms with E-state index in [1.807, 2.05) is 12.1 Å². The van der Waals surface area contributed by atoms with Gasteiger partial charge in [0.15, 0.2) is 0 Å². The topological polar surface area (TPSA) is 63.7 Å². The summed E-state index contributed by atoms with van der Waals surface area (Å²) in [6.07, 6.45) is 2.29. The van der Waals surface area contributed by atoms with E-state index in [4.69, 9.17) is 4.74 Å². The zero-order valence-electron chi connectivity index (χ0n) is 19.2. The van der Waals surface area contributed by atoms with Crippen LogP contribution in [0, 0.1) is 0 Å². The fourth-order valence-corrected chi connectivity index (χ4v) is 5.08. The van der Waals surface area contributed by atoms with Gasteiger partial charge in [0.2, 0.25) is 10.0 Å². The number of nitrogens with zero attached hydrogens (tertiary/aromatic N) is 1. The molecular weight excluding hydrogens is 422 g/mol. The predicted molar refractivity (Wildman–Crippen MR) is 128 cm³/mol. The van der Waals surface area contributed by atoms with E-state index < -0.39 is 10.0 Å². The van der Waals surface area contributed by atoms with Crippen molar-refractivity contribution in [1.82, 2.24) is 4.31 Å². The molecule has 1 aromatic rings. The fraction of sp³-hybridized carbons (Fsp3) is 0.346. The van der Waals surface area contributed by atoms with Crippen molar-refractivity contribution in [2.45, 2.75) is 43.9 Å². The minimum atomic E-state index is -3.48. The normalized spacial score (nSPS) is 11.9. The number of ether oxygens (including phenoxy) is 1. The smallest absolute Gasteiger partial charge is 0.338 e. The van der Waals surface area contributed by atoms with Crippen molar-refractivity contribution in [3.05, 3.63) is 77.4 Å². The molecule has 0 aromatic heterocycles. The first-order valence-corrected chi connectivity index (χ1v) is 12.3. The van der Waals surface area contributed by atoms with Gasteiger partial charge in [-0.3, -0.25) is 0 Å². The molecule has 0 N–H and O–H groups in total. The van der Waals surface area contributed by atoms with Gasteiger partial charge in [0.05, 0.1) is 17.6 Å². The molecule has 0 fully saturated rings. The largest absolute Gasteiger partial charge is 0.465 e. The molecule has 0 atom stereocenters. The second kappa shape index (κ2) is 10.3. The first-order valence-electron chi connectivity index (χ1n) is 10.9. The van der Waals surface area contributed by atoms with Gasteiger partial charge in [-0.2, -0.15) is 0 Å². The molecule has 3 rings (SSSR count). The molecule has 0 saturated heterocycles. The number of esters is 1. The van der Waals surface area contributed by atoms with Gasteiger partial charge in [-0.25, -0.2) is 17.5 Å². The molecule has 0 bridgehead atoms. The summed E-state index contributed by atoms with van der Waals surface area (Å²) >= 11 is 0. The highest BCUT2D eigenvalue weighted by Crippen LogP contribution is 2.34. The molecule has 0 amide bonds. The zero-order valence-corrected chi connectivity index (χ0v) is 20.0. The van der Waals surface area contributed by atoms with E-state index in [1.54, 1.807) is 37.4 Å².